The first-order valence-electron chi connectivity index (χ1n) is 7.99. The fourth-order valence-corrected chi connectivity index (χ4v) is 2.61. The molecule has 25 heavy (non-hydrogen) atoms. The van der Waals surface area contributed by atoms with Crippen molar-refractivity contribution in [2.75, 3.05) is 13.7 Å². The van der Waals surface area contributed by atoms with Crippen molar-refractivity contribution in [3.8, 4) is 11.5 Å². The molecular weight excluding hydrogens is 322 g/mol. The van der Waals surface area contributed by atoms with Gasteiger partial charge in [0.15, 0.2) is 11.7 Å². The Morgan fingerprint density at radius 3 is 2.00 bits per heavy atom. The summed E-state index contributed by atoms with van der Waals surface area (Å²) in [6.07, 6.45) is 0. The van der Waals surface area contributed by atoms with Crippen LogP contribution in [-0.2, 0) is 0 Å². The molecule has 128 valence electrons. The first-order chi connectivity index (χ1) is 12.1. The molecule has 0 radical (unpaired) electrons. The van der Waals surface area contributed by atoms with Crippen LogP contribution >= 0.6 is 0 Å². The molecule has 0 aliphatic carbocycles. The van der Waals surface area contributed by atoms with Crippen molar-refractivity contribution >= 4 is 22.4 Å². The lowest BCUT2D eigenvalue weighted by atomic mass is 10.0. The van der Waals surface area contributed by atoms with Crippen LogP contribution in [0.1, 0.15) is 18.1 Å². The maximum Gasteiger partial charge on any atom is 0.166 e. The summed E-state index contributed by atoms with van der Waals surface area (Å²) < 4.78 is 39.5. The molecule has 0 aromatic heterocycles. The number of methoxy groups -OCH3 is 1. The predicted octanol–water partition coefficient (Wildman–Crippen LogP) is 6.01. The van der Waals surface area contributed by atoms with Crippen molar-refractivity contribution in [1.29, 1.82) is 0 Å². The lowest BCUT2D eigenvalue weighted by Crippen LogP contribution is -1.91. The van der Waals surface area contributed by atoms with E-state index in [-0.39, 0.29) is 11.1 Å². The summed E-state index contributed by atoms with van der Waals surface area (Å²) in [4.78, 5) is 0. The first-order valence-corrected chi connectivity index (χ1v) is 7.99. The molecule has 0 saturated carbocycles. The minimum atomic E-state index is -0.895. The Morgan fingerprint density at radius 1 is 0.760 bits per heavy atom. The van der Waals surface area contributed by atoms with Crippen LogP contribution < -0.4 is 9.47 Å². The number of halogens is 2. The van der Waals surface area contributed by atoms with Crippen molar-refractivity contribution in [3.63, 3.8) is 0 Å². The highest BCUT2D eigenvalue weighted by Gasteiger charge is 2.12. The van der Waals surface area contributed by atoms with E-state index in [9.17, 15) is 8.78 Å². The van der Waals surface area contributed by atoms with Crippen molar-refractivity contribution in [3.05, 3.63) is 71.8 Å². The maximum absolute atomic E-state index is 14.6. The SMILES string of the molecule is CCOc1ccc2cc(C(F)=C(F)c3ccc(OC)cc3)ccc2c1. The van der Waals surface area contributed by atoms with Gasteiger partial charge in [0.25, 0.3) is 0 Å². The molecule has 0 aliphatic heterocycles. The van der Waals surface area contributed by atoms with Gasteiger partial charge in [-0.15, -0.1) is 0 Å². The van der Waals surface area contributed by atoms with Crippen molar-refractivity contribution in [2.45, 2.75) is 6.92 Å². The Kier molecular flexibility index (Phi) is 4.98. The van der Waals surface area contributed by atoms with Gasteiger partial charge < -0.3 is 9.47 Å². The molecule has 0 unspecified atom stereocenters. The van der Waals surface area contributed by atoms with Crippen LogP contribution in [0.4, 0.5) is 8.78 Å². The molecule has 3 aromatic rings. The van der Waals surface area contributed by atoms with E-state index >= 15 is 0 Å². The number of ether oxygens (including phenoxy) is 2. The zero-order valence-electron chi connectivity index (χ0n) is 14.1. The number of fused-ring (bicyclic) bond motifs is 1. The Balaban J connectivity index is 1.97. The van der Waals surface area contributed by atoms with Crippen LogP contribution in [0.5, 0.6) is 11.5 Å². The highest BCUT2D eigenvalue weighted by Crippen LogP contribution is 2.32. The molecule has 0 saturated heterocycles. The van der Waals surface area contributed by atoms with Crippen LogP contribution in [0.2, 0.25) is 0 Å². The van der Waals surface area contributed by atoms with Crippen LogP contribution in [0.15, 0.2) is 60.7 Å². The largest absolute Gasteiger partial charge is 0.497 e. The summed E-state index contributed by atoms with van der Waals surface area (Å²) in [6.45, 7) is 2.49. The molecule has 3 aromatic carbocycles. The lowest BCUT2D eigenvalue weighted by molar-refractivity contribution is 0.341. The second-order valence-electron chi connectivity index (χ2n) is 5.51. The monoisotopic (exact) mass is 340 g/mol. The van der Waals surface area contributed by atoms with Crippen molar-refractivity contribution < 1.29 is 18.3 Å². The molecule has 2 nitrogen and oxygen atoms in total. The zero-order valence-corrected chi connectivity index (χ0v) is 14.1. The molecule has 0 bridgehead atoms. The Labute approximate surface area is 145 Å². The third kappa shape index (κ3) is 3.63. The highest BCUT2D eigenvalue weighted by atomic mass is 19.2. The van der Waals surface area contributed by atoms with E-state index in [0.29, 0.717) is 12.4 Å². The van der Waals surface area contributed by atoms with Gasteiger partial charge in [-0.1, -0.05) is 18.2 Å². The quantitative estimate of drug-likeness (QED) is 0.529. The van der Waals surface area contributed by atoms with E-state index in [2.05, 4.69) is 0 Å². The Hall–Kier alpha value is -2.88. The van der Waals surface area contributed by atoms with Crippen LogP contribution in [-0.4, -0.2) is 13.7 Å². The Morgan fingerprint density at radius 2 is 1.32 bits per heavy atom. The number of hydrogen-bond donors (Lipinski definition) is 0. The topological polar surface area (TPSA) is 18.5 Å². The fraction of sp³-hybridized carbons (Fsp3) is 0.143. The molecule has 0 N–H and O–H groups in total. The third-order valence-corrected chi connectivity index (χ3v) is 3.91. The third-order valence-electron chi connectivity index (χ3n) is 3.91. The van der Waals surface area contributed by atoms with Crippen LogP contribution in [0.25, 0.3) is 22.4 Å². The van der Waals surface area contributed by atoms with Gasteiger partial charge in [-0.2, -0.15) is 0 Å². The normalized spacial score (nSPS) is 12.0. The summed E-state index contributed by atoms with van der Waals surface area (Å²) in [5.74, 6) is -0.440. The Bertz CT molecular complexity index is 915. The van der Waals surface area contributed by atoms with Gasteiger partial charge in [-0.05, 0) is 60.2 Å². The molecule has 0 heterocycles. The lowest BCUT2D eigenvalue weighted by Gasteiger charge is -2.07. The van der Waals surface area contributed by atoms with E-state index in [4.69, 9.17) is 9.47 Å². The van der Waals surface area contributed by atoms with Gasteiger partial charge in [0.05, 0.1) is 13.7 Å². The van der Waals surface area contributed by atoms with Gasteiger partial charge in [-0.3, -0.25) is 0 Å². The number of hydrogen-bond acceptors (Lipinski definition) is 2. The average Bonchev–Trinajstić information content (AvgIpc) is 2.66. The molecule has 0 fully saturated rings. The van der Waals surface area contributed by atoms with Gasteiger partial charge in [0.1, 0.15) is 11.5 Å². The summed E-state index contributed by atoms with van der Waals surface area (Å²) in [5.41, 5.74) is 0.370. The smallest absolute Gasteiger partial charge is 0.166 e. The minimum Gasteiger partial charge on any atom is -0.497 e. The molecule has 4 heteroatoms. The van der Waals surface area contributed by atoms with E-state index in [0.717, 1.165) is 16.5 Å². The van der Waals surface area contributed by atoms with Gasteiger partial charge in [-0.25, -0.2) is 8.78 Å². The number of benzene rings is 3. The first kappa shape index (κ1) is 17.0. The fourth-order valence-electron chi connectivity index (χ4n) is 2.61. The van der Waals surface area contributed by atoms with E-state index in [1.807, 2.05) is 25.1 Å². The summed E-state index contributed by atoms with van der Waals surface area (Å²) in [6, 6.07) is 16.7. The van der Waals surface area contributed by atoms with Crippen LogP contribution in [0, 0.1) is 0 Å². The minimum absolute atomic E-state index is 0.171. The maximum atomic E-state index is 14.6. The van der Waals surface area contributed by atoms with Gasteiger partial charge in [0.2, 0.25) is 0 Å². The second-order valence-corrected chi connectivity index (χ2v) is 5.51. The molecule has 0 spiro atoms. The standard InChI is InChI=1S/C21H18F2O2/c1-3-25-19-11-8-15-12-17(5-4-16(15)13-19)21(23)20(22)14-6-9-18(24-2)10-7-14/h4-13H,3H2,1-2H3. The van der Waals surface area contributed by atoms with E-state index < -0.39 is 11.7 Å². The summed E-state index contributed by atoms with van der Waals surface area (Å²) in [7, 11) is 1.52. The molecular formula is C21H18F2O2. The highest BCUT2D eigenvalue weighted by molar-refractivity contribution is 5.90. The number of rotatable bonds is 5. The van der Waals surface area contributed by atoms with Gasteiger partial charge in [0, 0.05) is 11.1 Å². The predicted molar refractivity (Wildman–Crippen MR) is 97.1 cm³/mol. The zero-order chi connectivity index (χ0) is 17.8. The molecule has 0 atom stereocenters. The van der Waals surface area contributed by atoms with Crippen molar-refractivity contribution in [2.24, 2.45) is 0 Å². The van der Waals surface area contributed by atoms with Gasteiger partial charge >= 0.3 is 0 Å². The van der Waals surface area contributed by atoms with Crippen molar-refractivity contribution in [1.82, 2.24) is 0 Å². The van der Waals surface area contributed by atoms with E-state index in [1.54, 1.807) is 30.3 Å². The second kappa shape index (κ2) is 7.34. The average molecular weight is 340 g/mol. The van der Waals surface area contributed by atoms with Crippen LogP contribution in [0.3, 0.4) is 0 Å². The van der Waals surface area contributed by atoms with E-state index in [1.165, 1.54) is 19.2 Å². The molecule has 0 amide bonds. The summed E-state index contributed by atoms with van der Waals surface area (Å²) in [5, 5.41) is 1.73. The molecule has 0 aliphatic rings. The summed E-state index contributed by atoms with van der Waals surface area (Å²) >= 11 is 0. The molecule has 3 rings (SSSR count).